The van der Waals surface area contributed by atoms with E-state index in [4.69, 9.17) is 16.3 Å². The average Bonchev–Trinajstić information content (AvgIpc) is 2.82. The molecule has 0 amide bonds. The van der Waals surface area contributed by atoms with E-state index in [9.17, 15) is 0 Å². The Balaban J connectivity index is 1.79. The van der Waals surface area contributed by atoms with Crippen molar-refractivity contribution in [2.24, 2.45) is 0 Å². The molecule has 0 N–H and O–H groups in total. The van der Waals surface area contributed by atoms with Crippen molar-refractivity contribution in [3.8, 4) is 5.75 Å². The highest BCUT2D eigenvalue weighted by Crippen LogP contribution is 2.40. The first-order valence-electron chi connectivity index (χ1n) is 9.75. The van der Waals surface area contributed by atoms with Gasteiger partial charge >= 0.3 is 0 Å². The van der Waals surface area contributed by atoms with Crippen molar-refractivity contribution < 1.29 is 4.74 Å². The lowest BCUT2D eigenvalue weighted by Crippen LogP contribution is -2.03. The van der Waals surface area contributed by atoms with Crippen molar-refractivity contribution in [2.45, 2.75) is 4.90 Å². The minimum Gasteiger partial charge on any atom is -0.489 e. The zero-order valence-electron chi connectivity index (χ0n) is 16.4. The number of hydrogen-bond acceptors (Lipinski definition) is 2. The molecule has 0 aliphatic rings. The molecule has 0 aliphatic heterocycles. The molecule has 1 nitrogen and oxygen atoms in total. The van der Waals surface area contributed by atoms with Gasteiger partial charge in [-0.05, 0) is 47.5 Å². The van der Waals surface area contributed by atoms with Crippen LogP contribution in [-0.2, 0) is 0 Å². The number of hydrogen-bond donors (Lipinski definition) is 0. The van der Waals surface area contributed by atoms with Crippen molar-refractivity contribution in [3.63, 3.8) is 0 Å². The molecule has 0 saturated heterocycles. The molecule has 0 fully saturated rings. The maximum atomic E-state index is 6.19. The zero-order chi connectivity index (χ0) is 20.6. The predicted octanol–water partition coefficient (Wildman–Crippen LogP) is 8.08. The fourth-order valence-electron chi connectivity index (χ4n) is 3.10. The van der Waals surface area contributed by atoms with E-state index < -0.39 is 0 Å². The number of rotatable bonds is 7. The van der Waals surface area contributed by atoms with Gasteiger partial charge in [-0.25, -0.2) is 0 Å². The molecule has 0 aromatic heterocycles. The van der Waals surface area contributed by atoms with Gasteiger partial charge in [0, 0.05) is 20.4 Å². The van der Waals surface area contributed by atoms with E-state index in [1.807, 2.05) is 54.6 Å². The van der Waals surface area contributed by atoms with Crippen molar-refractivity contribution in [2.75, 3.05) is 6.61 Å². The first-order valence-corrected chi connectivity index (χ1v) is 10.9. The number of para-hydroxylation sites is 1. The van der Waals surface area contributed by atoms with Crippen LogP contribution in [0, 0.1) is 0 Å². The normalized spacial score (nSPS) is 11.6. The van der Waals surface area contributed by atoms with E-state index in [1.165, 1.54) is 4.91 Å². The average molecular weight is 429 g/mol. The number of halogens is 1. The molecule has 30 heavy (non-hydrogen) atoms. The van der Waals surface area contributed by atoms with Gasteiger partial charge in [-0.1, -0.05) is 102 Å². The molecule has 0 aliphatic carbocycles. The van der Waals surface area contributed by atoms with Crippen LogP contribution in [0.5, 0.6) is 5.75 Å². The summed E-state index contributed by atoms with van der Waals surface area (Å²) in [4.78, 5) is 2.30. The molecule has 0 saturated carbocycles. The Bertz CT molecular complexity index is 1090. The highest BCUT2D eigenvalue weighted by molar-refractivity contribution is 8.08. The lowest BCUT2D eigenvalue weighted by Gasteiger charge is -2.17. The van der Waals surface area contributed by atoms with Crippen LogP contribution in [0.3, 0.4) is 0 Å². The molecule has 0 unspecified atom stereocenters. The summed E-state index contributed by atoms with van der Waals surface area (Å²) in [5.41, 5.74) is 3.45. The van der Waals surface area contributed by atoms with Gasteiger partial charge < -0.3 is 4.74 Å². The molecule has 0 radical (unpaired) electrons. The summed E-state index contributed by atoms with van der Waals surface area (Å²) in [6, 6.07) is 38.8. The Morgan fingerprint density at radius 2 is 1.17 bits per heavy atom. The zero-order valence-corrected chi connectivity index (χ0v) is 17.9. The largest absolute Gasteiger partial charge is 0.489 e. The van der Waals surface area contributed by atoms with Gasteiger partial charge in [-0.15, -0.1) is 0 Å². The standard InChI is InChI=1S/C27H21ClOS/c28-23-16-18-25(19-17-23)30-27(22-12-6-2-7-13-22)26(21-10-4-1-5-11-21)20-29-24-14-8-3-9-15-24/h1-19H,20H2/b27-26-. The van der Waals surface area contributed by atoms with Crippen molar-refractivity contribution in [1.82, 2.24) is 0 Å². The quantitative estimate of drug-likeness (QED) is 0.217. The lowest BCUT2D eigenvalue weighted by molar-refractivity contribution is 0.370. The third-order valence-corrected chi connectivity index (χ3v) is 6.04. The topological polar surface area (TPSA) is 9.23 Å². The molecular weight excluding hydrogens is 408 g/mol. The number of benzene rings is 4. The summed E-state index contributed by atoms with van der Waals surface area (Å²) in [5.74, 6) is 0.856. The molecule has 0 spiro atoms. The minimum atomic E-state index is 0.471. The molecule has 4 aromatic carbocycles. The maximum absolute atomic E-state index is 6.19. The fourth-order valence-corrected chi connectivity index (χ4v) is 4.28. The van der Waals surface area contributed by atoms with Crippen LogP contribution in [0.4, 0.5) is 0 Å². The third-order valence-electron chi connectivity index (χ3n) is 4.59. The summed E-state index contributed by atoms with van der Waals surface area (Å²) in [5, 5.41) is 0.736. The molecule has 0 bridgehead atoms. The summed E-state index contributed by atoms with van der Waals surface area (Å²) in [7, 11) is 0. The van der Waals surface area contributed by atoms with Crippen LogP contribution in [0.2, 0.25) is 5.02 Å². The molecule has 3 heteroatoms. The van der Waals surface area contributed by atoms with Crippen molar-refractivity contribution >= 4 is 33.8 Å². The second kappa shape index (κ2) is 10.2. The number of thioether (sulfide) groups is 1. The molecule has 4 rings (SSSR count). The SMILES string of the molecule is Clc1ccc(S/C(=C(/COc2ccccc2)c2ccccc2)c2ccccc2)cc1. The minimum absolute atomic E-state index is 0.471. The fraction of sp³-hybridized carbons (Fsp3) is 0.0370. The Morgan fingerprint density at radius 3 is 1.77 bits per heavy atom. The number of ether oxygens (including phenoxy) is 1. The van der Waals surface area contributed by atoms with Crippen molar-refractivity contribution in [3.05, 3.63) is 131 Å². The molecule has 148 valence electrons. The summed E-state index contributed by atoms with van der Waals surface area (Å²) >= 11 is 7.83. The van der Waals surface area contributed by atoms with E-state index in [1.54, 1.807) is 11.8 Å². The van der Waals surface area contributed by atoms with Crippen LogP contribution in [0.1, 0.15) is 11.1 Å². The smallest absolute Gasteiger partial charge is 0.119 e. The van der Waals surface area contributed by atoms with E-state index in [0.29, 0.717) is 6.61 Å². The first kappa shape index (κ1) is 20.3. The second-order valence-electron chi connectivity index (χ2n) is 6.70. The van der Waals surface area contributed by atoms with E-state index in [0.717, 1.165) is 32.4 Å². The van der Waals surface area contributed by atoms with Gasteiger partial charge in [0.2, 0.25) is 0 Å². The third kappa shape index (κ3) is 5.35. The van der Waals surface area contributed by atoms with Gasteiger partial charge in [-0.2, -0.15) is 0 Å². The first-order chi connectivity index (χ1) is 14.8. The van der Waals surface area contributed by atoms with Gasteiger partial charge in [-0.3, -0.25) is 0 Å². The van der Waals surface area contributed by atoms with Gasteiger partial charge in [0.25, 0.3) is 0 Å². The van der Waals surface area contributed by atoms with Crippen LogP contribution in [0.15, 0.2) is 120 Å². The van der Waals surface area contributed by atoms with Gasteiger partial charge in [0.05, 0.1) is 0 Å². The van der Waals surface area contributed by atoms with Gasteiger partial charge in [0.15, 0.2) is 0 Å². The molecule has 4 aromatic rings. The maximum Gasteiger partial charge on any atom is 0.119 e. The highest BCUT2D eigenvalue weighted by Gasteiger charge is 2.14. The second-order valence-corrected chi connectivity index (χ2v) is 8.22. The van der Waals surface area contributed by atoms with Crippen LogP contribution in [-0.4, -0.2) is 6.61 Å². The van der Waals surface area contributed by atoms with Crippen molar-refractivity contribution in [1.29, 1.82) is 0 Å². The van der Waals surface area contributed by atoms with E-state index in [-0.39, 0.29) is 0 Å². The lowest BCUT2D eigenvalue weighted by atomic mass is 10.0. The predicted molar refractivity (Wildman–Crippen MR) is 129 cm³/mol. The summed E-state index contributed by atoms with van der Waals surface area (Å²) in [6.07, 6.45) is 0. The molecule has 0 heterocycles. The van der Waals surface area contributed by atoms with E-state index >= 15 is 0 Å². The highest BCUT2D eigenvalue weighted by atomic mass is 35.5. The van der Waals surface area contributed by atoms with Crippen LogP contribution < -0.4 is 4.74 Å². The Hall–Kier alpha value is -2.94. The molecular formula is C27H21ClOS. The summed E-state index contributed by atoms with van der Waals surface area (Å²) < 4.78 is 6.19. The van der Waals surface area contributed by atoms with Crippen LogP contribution >= 0.6 is 23.4 Å². The molecule has 0 atom stereocenters. The Kier molecular flexibility index (Phi) is 6.91. The Labute approximate surface area is 187 Å². The van der Waals surface area contributed by atoms with E-state index in [2.05, 4.69) is 60.7 Å². The van der Waals surface area contributed by atoms with Gasteiger partial charge in [0.1, 0.15) is 12.4 Å². The summed E-state index contributed by atoms with van der Waals surface area (Å²) in [6.45, 7) is 0.471. The monoisotopic (exact) mass is 428 g/mol. The van der Waals surface area contributed by atoms with Crippen LogP contribution in [0.25, 0.3) is 10.5 Å². The Morgan fingerprint density at radius 1 is 0.633 bits per heavy atom.